The van der Waals surface area contributed by atoms with Crippen molar-refractivity contribution in [3.63, 3.8) is 0 Å². The third-order valence-corrected chi connectivity index (χ3v) is 2.41. The van der Waals surface area contributed by atoms with Gasteiger partial charge in [0.15, 0.2) is 0 Å². The highest BCUT2D eigenvalue weighted by Gasteiger charge is 2.12. The number of nitrogens with zero attached hydrogens (tertiary/aromatic N) is 1. The molecular formula is C15H15NO4. The van der Waals surface area contributed by atoms with Crippen LogP contribution in [0.15, 0.2) is 36.4 Å². The van der Waals surface area contributed by atoms with Gasteiger partial charge in [-0.2, -0.15) is 5.26 Å². The Bertz CT molecular complexity index is 570. The summed E-state index contributed by atoms with van der Waals surface area (Å²) in [6.45, 7) is 3.49. The predicted octanol–water partition coefficient (Wildman–Crippen LogP) is 2.34. The summed E-state index contributed by atoms with van der Waals surface area (Å²) in [6.07, 6.45) is 2.84. The molecule has 0 heterocycles. The molecule has 0 aliphatic rings. The van der Waals surface area contributed by atoms with Crippen LogP contribution < -0.4 is 9.47 Å². The maximum atomic E-state index is 11.6. The zero-order valence-corrected chi connectivity index (χ0v) is 11.4. The van der Waals surface area contributed by atoms with Crippen molar-refractivity contribution in [3.8, 4) is 17.6 Å². The van der Waals surface area contributed by atoms with E-state index in [-0.39, 0.29) is 12.2 Å². The molecule has 0 unspecified atom stereocenters. The first-order valence-electron chi connectivity index (χ1n) is 5.78. The fourth-order valence-electron chi connectivity index (χ4n) is 1.44. The van der Waals surface area contributed by atoms with Gasteiger partial charge in [0.25, 0.3) is 0 Å². The van der Waals surface area contributed by atoms with Crippen molar-refractivity contribution < 1.29 is 19.0 Å². The molecular weight excluding hydrogens is 258 g/mol. The van der Waals surface area contributed by atoms with Crippen molar-refractivity contribution in [2.75, 3.05) is 20.8 Å². The Morgan fingerprint density at radius 1 is 1.40 bits per heavy atom. The molecule has 0 bridgehead atoms. The van der Waals surface area contributed by atoms with E-state index in [2.05, 4.69) is 6.58 Å². The Morgan fingerprint density at radius 3 is 2.70 bits per heavy atom. The molecule has 0 radical (unpaired) electrons. The maximum Gasteiger partial charge on any atom is 0.349 e. The Morgan fingerprint density at radius 2 is 2.15 bits per heavy atom. The van der Waals surface area contributed by atoms with Crippen LogP contribution in [0.25, 0.3) is 6.08 Å². The molecule has 1 aromatic carbocycles. The van der Waals surface area contributed by atoms with Crippen molar-refractivity contribution in [3.05, 3.63) is 42.0 Å². The highest BCUT2D eigenvalue weighted by molar-refractivity contribution is 5.98. The van der Waals surface area contributed by atoms with Gasteiger partial charge < -0.3 is 14.2 Å². The van der Waals surface area contributed by atoms with Crippen LogP contribution in [0.2, 0.25) is 0 Å². The van der Waals surface area contributed by atoms with Gasteiger partial charge in [-0.3, -0.25) is 0 Å². The van der Waals surface area contributed by atoms with Crippen molar-refractivity contribution in [1.82, 2.24) is 0 Å². The molecule has 0 amide bonds. The van der Waals surface area contributed by atoms with E-state index in [1.165, 1.54) is 26.4 Å². The van der Waals surface area contributed by atoms with Gasteiger partial charge in [0, 0.05) is 11.6 Å². The molecule has 1 aromatic rings. The lowest BCUT2D eigenvalue weighted by Gasteiger charge is -2.08. The average molecular weight is 273 g/mol. The SMILES string of the molecule is C=CCOC(=O)/C(C#N)=C/c1ccc(OC)cc1OC. The van der Waals surface area contributed by atoms with E-state index in [1.54, 1.807) is 24.3 Å². The van der Waals surface area contributed by atoms with Crippen molar-refractivity contribution in [1.29, 1.82) is 5.26 Å². The van der Waals surface area contributed by atoms with E-state index in [9.17, 15) is 4.79 Å². The van der Waals surface area contributed by atoms with Crippen LogP contribution in [-0.4, -0.2) is 26.8 Å². The van der Waals surface area contributed by atoms with Crippen LogP contribution in [0.3, 0.4) is 0 Å². The van der Waals surface area contributed by atoms with Crippen LogP contribution in [0.5, 0.6) is 11.5 Å². The molecule has 1 rings (SSSR count). The van der Waals surface area contributed by atoms with Crippen molar-refractivity contribution >= 4 is 12.0 Å². The molecule has 0 aliphatic carbocycles. The average Bonchev–Trinajstić information content (AvgIpc) is 2.50. The van der Waals surface area contributed by atoms with E-state index in [1.807, 2.05) is 0 Å². The van der Waals surface area contributed by atoms with E-state index in [4.69, 9.17) is 19.5 Å². The third-order valence-electron chi connectivity index (χ3n) is 2.41. The summed E-state index contributed by atoms with van der Waals surface area (Å²) in [5, 5.41) is 9.01. The molecule has 0 spiro atoms. The summed E-state index contributed by atoms with van der Waals surface area (Å²) >= 11 is 0. The third kappa shape index (κ3) is 3.89. The second-order valence-electron chi connectivity index (χ2n) is 3.66. The number of esters is 1. The number of benzene rings is 1. The van der Waals surface area contributed by atoms with Gasteiger partial charge in [0.1, 0.15) is 29.7 Å². The summed E-state index contributed by atoms with van der Waals surface area (Å²) in [6, 6.07) is 6.86. The summed E-state index contributed by atoms with van der Waals surface area (Å²) in [4.78, 5) is 11.6. The minimum Gasteiger partial charge on any atom is -0.497 e. The lowest BCUT2D eigenvalue weighted by molar-refractivity contribution is -0.137. The van der Waals surface area contributed by atoms with Gasteiger partial charge in [-0.1, -0.05) is 12.7 Å². The highest BCUT2D eigenvalue weighted by atomic mass is 16.5. The number of hydrogen-bond acceptors (Lipinski definition) is 5. The molecule has 0 fully saturated rings. The van der Waals surface area contributed by atoms with Crippen LogP contribution in [-0.2, 0) is 9.53 Å². The number of rotatable bonds is 6. The first-order valence-corrected chi connectivity index (χ1v) is 5.78. The monoisotopic (exact) mass is 273 g/mol. The molecule has 0 saturated carbocycles. The molecule has 0 N–H and O–H groups in total. The number of methoxy groups -OCH3 is 2. The second-order valence-corrected chi connectivity index (χ2v) is 3.66. The Labute approximate surface area is 117 Å². The Hall–Kier alpha value is -2.74. The van der Waals surface area contributed by atoms with E-state index >= 15 is 0 Å². The molecule has 20 heavy (non-hydrogen) atoms. The fourth-order valence-corrected chi connectivity index (χ4v) is 1.44. The number of carbonyl (C=O) groups excluding carboxylic acids is 1. The lowest BCUT2D eigenvalue weighted by atomic mass is 10.1. The quantitative estimate of drug-likeness (QED) is 0.344. The highest BCUT2D eigenvalue weighted by Crippen LogP contribution is 2.26. The summed E-state index contributed by atoms with van der Waals surface area (Å²) in [7, 11) is 3.03. The van der Waals surface area contributed by atoms with Crippen molar-refractivity contribution in [2.24, 2.45) is 0 Å². The second kappa shape index (κ2) is 7.64. The zero-order valence-electron chi connectivity index (χ0n) is 11.4. The molecule has 5 heteroatoms. The number of nitriles is 1. The van der Waals surface area contributed by atoms with Crippen LogP contribution in [0.4, 0.5) is 0 Å². The smallest absolute Gasteiger partial charge is 0.349 e. The molecule has 0 aromatic heterocycles. The normalized spacial score (nSPS) is 10.3. The molecule has 104 valence electrons. The minimum absolute atomic E-state index is 0.0532. The van der Waals surface area contributed by atoms with Gasteiger partial charge in [-0.15, -0.1) is 0 Å². The van der Waals surface area contributed by atoms with E-state index in [0.717, 1.165) is 0 Å². The Balaban J connectivity index is 3.09. The lowest BCUT2D eigenvalue weighted by Crippen LogP contribution is -2.06. The first-order chi connectivity index (χ1) is 9.65. The zero-order chi connectivity index (χ0) is 15.0. The fraction of sp³-hybridized carbons (Fsp3) is 0.200. The largest absolute Gasteiger partial charge is 0.497 e. The first kappa shape index (κ1) is 15.3. The van der Waals surface area contributed by atoms with Gasteiger partial charge in [-0.05, 0) is 18.2 Å². The molecule has 5 nitrogen and oxygen atoms in total. The summed E-state index contributed by atoms with van der Waals surface area (Å²) in [5.74, 6) is 0.408. The van der Waals surface area contributed by atoms with E-state index in [0.29, 0.717) is 17.1 Å². The van der Waals surface area contributed by atoms with Crippen molar-refractivity contribution in [2.45, 2.75) is 0 Å². The Kier molecular flexibility index (Phi) is 5.85. The summed E-state index contributed by atoms with van der Waals surface area (Å²) < 4.78 is 15.1. The topological polar surface area (TPSA) is 68.6 Å². The van der Waals surface area contributed by atoms with E-state index < -0.39 is 5.97 Å². The van der Waals surface area contributed by atoms with Gasteiger partial charge in [0.05, 0.1) is 14.2 Å². The van der Waals surface area contributed by atoms with Crippen LogP contribution >= 0.6 is 0 Å². The number of hydrogen-bond donors (Lipinski definition) is 0. The molecule has 0 aliphatic heterocycles. The maximum absolute atomic E-state index is 11.6. The number of ether oxygens (including phenoxy) is 3. The van der Waals surface area contributed by atoms with Gasteiger partial charge in [0.2, 0.25) is 0 Å². The standard InChI is InChI=1S/C15H15NO4/c1-4-7-20-15(17)12(10-16)8-11-5-6-13(18-2)9-14(11)19-3/h4-6,8-9H,1,7H2,2-3H3/b12-8+. The molecule has 0 saturated heterocycles. The van der Waals surface area contributed by atoms with Gasteiger partial charge in [-0.25, -0.2) is 4.79 Å². The molecule has 0 atom stereocenters. The minimum atomic E-state index is -0.703. The van der Waals surface area contributed by atoms with Gasteiger partial charge >= 0.3 is 5.97 Å². The van der Waals surface area contributed by atoms with Crippen LogP contribution in [0.1, 0.15) is 5.56 Å². The van der Waals surface area contributed by atoms with Crippen LogP contribution in [0, 0.1) is 11.3 Å². The predicted molar refractivity (Wildman–Crippen MR) is 74.3 cm³/mol. The summed E-state index contributed by atoms with van der Waals surface area (Å²) in [5.41, 5.74) is 0.468. The number of carbonyl (C=O) groups is 1.